The molecule has 0 N–H and O–H groups in total. The average molecular weight is 347 g/mol. The predicted molar refractivity (Wildman–Crippen MR) is 90.4 cm³/mol. The molecule has 4 nitrogen and oxygen atoms in total. The number of nitriles is 1. The molecule has 0 saturated carbocycles. The van der Waals surface area contributed by atoms with Crippen LogP contribution >= 0.6 is 0 Å². The van der Waals surface area contributed by atoms with E-state index in [4.69, 9.17) is 9.68 Å². The molecule has 2 heterocycles. The fourth-order valence-corrected chi connectivity index (χ4v) is 2.92. The molecule has 0 radical (unpaired) electrons. The Morgan fingerprint density at radius 1 is 1.04 bits per heavy atom. The molecule has 0 bridgehead atoms. The molecule has 2 aromatic heterocycles. The van der Waals surface area contributed by atoms with E-state index in [1.54, 1.807) is 24.3 Å². The highest BCUT2D eigenvalue weighted by Gasteiger charge is 2.43. The van der Waals surface area contributed by atoms with Gasteiger partial charge < -0.3 is 4.42 Å². The minimum absolute atomic E-state index is 0.0302. The van der Waals surface area contributed by atoms with E-state index in [1.165, 1.54) is 36.9 Å². The zero-order valence-corrected chi connectivity index (χ0v) is 13.4. The molecule has 0 aliphatic carbocycles. The lowest BCUT2D eigenvalue weighted by Gasteiger charge is -2.24. The predicted octanol–water partition coefficient (Wildman–Crippen LogP) is 4.49. The molecular weight excluding hydrogens is 336 g/mol. The number of furan rings is 1. The van der Waals surface area contributed by atoms with Crippen LogP contribution in [0.1, 0.15) is 22.5 Å². The number of alkyl halides is 1. The smallest absolute Gasteiger partial charge is 0.223 e. The van der Waals surface area contributed by atoms with Crippen LogP contribution in [0.25, 0.3) is 11.0 Å². The van der Waals surface area contributed by atoms with Gasteiger partial charge in [-0.3, -0.25) is 0 Å². The monoisotopic (exact) mass is 347 g/mol. The Bertz CT molecular complexity index is 1100. The maximum Gasteiger partial charge on any atom is 0.223 e. The number of fused-ring (bicyclic) bond motifs is 1. The molecule has 0 spiro atoms. The first-order chi connectivity index (χ1) is 12.6. The number of hydrogen-bond donors (Lipinski definition) is 0. The van der Waals surface area contributed by atoms with Gasteiger partial charge in [0.05, 0.1) is 11.6 Å². The number of benzene rings is 2. The first kappa shape index (κ1) is 15.9. The zero-order chi connectivity index (χ0) is 18.1. The van der Waals surface area contributed by atoms with Gasteiger partial charge in [0.1, 0.15) is 17.7 Å². The van der Waals surface area contributed by atoms with Crippen molar-refractivity contribution in [1.82, 2.24) is 9.97 Å². The van der Waals surface area contributed by atoms with Gasteiger partial charge in [-0.2, -0.15) is 5.26 Å². The minimum atomic E-state index is -2.45. The topological polar surface area (TPSA) is 62.7 Å². The van der Waals surface area contributed by atoms with E-state index in [2.05, 4.69) is 9.97 Å². The van der Waals surface area contributed by atoms with Crippen LogP contribution in [0.2, 0.25) is 0 Å². The number of aromatic nitrogens is 2. The summed E-state index contributed by atoms with van der Waals surface area (Å²) < 4.78 is 36.8. The van der Waals surface area contributed by atoms with E-state index in [-0.39, 0.29) is 22.5 Å². The van der Waals surface area contributed by atoms with Crippen molar-refractivity contribution in [3.05, 3.63) is 95.5 Å². The fraction of sp³-hybridized carbons (Fsp3) is 0.0500. The van der Waals surface area contributed by atoms with E-state index < -0.39 is 11.5 Å². The maximum atomic E-state index is 16.4. The lowest BCUT2D eigenvalue weighted by molar-refractivity contribution is 0.228. The summed E-state index contributed by atoms with van der Waals surface area (Å²) in [5.41, 5.74) is -2.11. The average Bonchev–Trinajstić information content (AvgIpc) is 3.12. The molecule has 1 atom stereocenters. The van der Waals surface area contributed by atoms with Gasteiger partial charge >= 0.3 is 0 Å². The van der Waals surface area contributed by atoms with Gasteiger partial charge in [-0.1, -0.05) is 24.3 Å². The van der Waals surface area contributed by atoms with E-state index in [0.717, 1.165) is 6.07 Å². The van der Waals surface area contributed by atoms with Crippen molar-refractivity contribution in [3.8, 4) is 6.07 Å². The van der Waals surface area contributed by atoms with Crippen LogP contribution in [0.4, 0.5) is 8.78 Å². The number of halogens is 2. The Hall–Kier alpha value is -3.59. The first-order valence-electron chi connectivity index (χ1n) is 7.76. The molecule has 6 heteroatoms. The third-order valence-electron chi connectivity index (χ3n) is 4.19. The molecule has 2 aromatic carbocycles. The number of rotatable bonds is 3. The summed E-state index contributed by atoms with van der Waals surface area (Å²) in [6.07, 6.45) is 3.81. The highest BCUT2D eigenvalue weighted by Crippen LogP contribution is 2.43. The number of hydrogen-bond acceptors (Lipinski definition) is 4. The second-order valence-corrected chi connectivity index (χ2v) is 5.74. The fourth-order valence-electron chi connectivity index (χ4n) is 2.92. The summed E-state index contributed by atoms with van der Waals surface area (Å²) in [5, 5.41) is 9.63. The van der Waals surface area contributed by atoms with Gasteiger partial charge in [-0.25, -0.2) is 18.7 Å². The third-order valence-corrected chi connectivity index (χ3v) is 4.19. The van der Waals surface area contributed by atoms with Crippen molar-refractivity contribution in [2.45, 2.75) is 5.67 Å². The van der Waals surface area contributed by atoms with Crippen molar-refractivity contribution in [1.29, 1.82) is 5.26 Å². The summed E-state index contributed by atoms with van der Waals surface area (Å²) in [5.74, 6) is -0.937. The van der Waals surface area contributed by atoms with Crippen molar-refractivity contribution in [2.75, 3.05) is 0 Å². The van der Waals surface area contributed by atoms with Crippen LogP contribution < -0.4 is 0 Å². The summed E-state index contributed by atoms with van der Waals surface area (Å²) in [7, 11) is 0. The second-order valence-electron chi connectivity index (χ2n) is 5.74. The quantitative estimate of drug-likeness (QED) is 0.548. The van der Waals surface area contributed by atoms with Crippen molar-refractivity contribution < 1.29 is 13.2 Å². The molecule has 1 unspecified atom stereocenters. The van der Waals surface area contributed by atoms with Crippen LogP contribution in [-0.4, -0.2) is 9.97 Å². The minimum Gasteiger partial charge on any atom is -0.457 e. The van der Waals surface area contributed by atoms with E-state index in [1.807, 2.05) is 6.07 Å². The van der Waals surface area contributed by atoms with E-state index in [9.17, 15) is 4.39 Å². The number of nitrogens with zero attached hydrogens (tertiary/aromatic N) is 3. The molecule has 4 rings (SSSR count). The van der Waals surface area contributed by atoms with Gasteiger partial charge in [-0.15, -0.1) is 0 Å². The van der Waals surface area contributed by atoms with Crippen LogP contribution in [0.15, 0.2) is 71.7 Å². The van der Waals surface area contributed by atoms with Gasteiger partial charge in [0.15, 0.2) is 5.76 Å². The molecular formula is C20H11F2N3O. The lowest BCUT2D eigenvalue weighted by atomic mass is 9.86. The lowest BCUT2D eigenvalue weighted by Crippen LogP contribution is -2.25. The van der Waals surface area contributed by atoms with Crippen molar-refractivity contribution in [3.63, 3.8) is 0 Å². The molecule has 0 saturated heterocycles. The van der Waals surface area contributed by atoms with Crippen molar-refractivity contribution >= 4 is 11.0 Å². The molecule has 26 heavy (non-hydrogen) atoms. The van der Waals surface area contributed by atoms with E-state index in [0.29, 0.717) is 11.0 Å². The largest absolute Gasteiger partial charge is 0.457 e. The zero-order valence-electron chi connectivity index (χ0n) is 13.4. The Balaban J connectivity index is 2.01. The number of para-hydroxylation sites is 1. The standard InChI is InChI=1S/C20H11F2N3O/c21-17-7-13(9-23)5-6-16(17)20(22,15-10-24-12-25-11-15)19-8-14-3-1-2-4-18(14)26-19/h1-8,10-12H. The molecule has 4 aromatic rings. The van der Waals surface area contributed by atoms with Gasteiger partial charge in [0.2, 0.25) is 5.67 Å². The molecule has 0 amide bonds. The summed E-state index contributed by atoms with van der Waals surface area (Å²) >= 11 is 0. The third kappa shape index (κ3) is 2.42. The molecule has 126 valence electrons. The summed E-state index contributed by atoms with van der Waals surface area (Å²) in [6, 6.07) is 14.0. The van der Waals surface area contributed by atoms with Crippen molar-refractivity contribution in [2.24, 2.45) is 0 Å². The highest BCUT2D eigenvalue weighted by atomic mass is 19.1. The summed E-state index contributed by atoms with van der Waals surface area (Å²) in [4.78, 5) is 7.70. The molecule has 0 aliphatic heterocycles. The first-order valence-corrected chi connectivity index (χ1v) is 7.76. The van der Waals surface area contributed by atoms with Crippen LogP contribution in [-0.2, 0) is 5.67 Å². The molecule has 0 fully saturated rings. The van der Waals surface area contributed by atoms with Crippen LogP contribution in [0, 0.1) is 17.1 Å². The van der Waals surface area contributed by atoms with Gasteiger partial charge in [0, 0.05) is 28.9 Å². The maximum absolute atomic E-state index is 16.4. The normalized spacial score (nSPS) is 13.3. The Morgan fingerprint density at radius 2 is 1.81 bits per heavy atom. The highest BCUT2D eigenvalue weighted by molar-refractivity contribution is 5.78. The second kappa shape index (κ2) is 6.05. The Kier molecular flexibility index (Phi) is 3.70. The van der Waals surface area contributed by atoms with Gasteiger partial charge in [-0.05, 0) is 24.3 Å². The van der Waals surface area contributed by atoms with Crippen LogP contribution in [0.3, 0.4) is 0 Å². The Labute approximate surface area is 147 Å². The van der Waals surface area contributed by atoms with Crippen LogP contribution in [0.5, 0.6) is 0 Å². The summed E-state index contributed by atoms with van der Waals surface area (Å²) in [6.45, 7) is 0. The van der Waals surface area contributed by atoms with E-state index >= 15 is 4.39 Å². The SMILES string of the molecule is N#Cc1ccc(C(F)(c2cncnc2)c2cc3ccccc3o2)c(F)c1. The van der Waals surface area contributed by atoms with Gasteiger partial charge in [0.25, 0.3) is 0 Å². The Morgan fingerprint density at radius 3 is 2.50 bits per heavy atom. The molecule has 0 aliphatic rings.